The SMILES string of the molecule is Cc1cccc(NCCCCN(C)C)n1. The molecule has 0 bridgehead atoms. The number of nitrogens with one attached hydrogen (secondary N) is 1. The lowest BCUT2D eigenvalue weighted by molar-refractivity contribution is 0.396. The average Bonchev–Trinajstić information content (AvgIpc) is 2.17. The Morgan fingerprint density at radius 3 is 2.73 bits per heavy atom. The van der Waals surface area contributed by atoms with Crippen LogP contribution in [-0.4, -0.2) is 37.1 Å². The Balaban J connectivity index is 2.15. The standard InChI is InChI=1S/C12H21N3/c1-11-7-6-8-12(14-11)13-9-4-5-10-15(2)3/h6-8H,4-5,9-10H2,1-3H3,(H,13,14). The van der Waals surface area contributed by atoms with Crippen molar-refractivity contribution in [1.82, 2.24) is 9.88 Å². The maximum absolute atomic E-state index is 4.38. The van der Waals surface area contributed by atoms with Crippen molar-refractivity contribution in [3.8, 4) is 0 Å². The summed E-state index contributed by atoms with van der Waals surface area (Å²) >= 11 is 0. The molecule has 0 saturated carbocycles. The van der Waals surface area contributed by atoms with Crippen LogP contribution in [-0.2, 0) is 0 Å². The van der Waals surface area contributed by atoms with Crippen molar-refractivity contribution < 1.29 is 0 Å². The number of unbranched alkanes of at least 4 members (excludes halogenated alkanes) is 1. The molecule has 0 amide bonds. The number of hydrogen-bond acceptors (Lipinski definition) is 3. The summed E-state index contributed by atoms with van der Waals surface area (Å²) < 4.78 is 0. The van der Waals surface area contributed by atoms with E-state index in [0.29, 0.717) is 0 Å². The van der Waals surface area contributed by atoms with Crippen LogP contribution in [0.2, 0.25) is 0 Å². The summed E-state index contributed by atoms with van der Waals surface area (Å²) in [7, 11) is 4.21. The van der Waals surface area contributed by atoms with E-state index < -0.39 is 0 Å². The van der Waals surface area contributed by atoms with E-state index in [0.717, 1.165) is 24.6 Å². The van der Waals surface area contributed by atoms with Gasteiger partial charge in [-0.05, 0) is 52.5 Å². The first-order chi connectivity index (χ1) is 7.18. The van der Waals surface area contributed by atoms with Crippen LogP contribution in [0.1, 0.15) is 18.5 Å². The van der Waals surface area contributed by atoms with Crippen LogP contribution in [0.25, 0.3) is 0 Å². The molecule has 84 valence electrons. The number of aromatic nitrogens is 1. The van der Waals surface area contributed by atoms with Crippen LogP contribution in [0.3, 0.4) is 0 Å². The molecular weight excluding hydrogens is 186 g/mol. The first-order valence-corrected chi connectivity index (χ1v) is 5.51. The van der Waals surface area contributed by atoms with Gasteiger partial charge in [-0.2, -0.15) is 0 Å². The molecular formula is C12H21N3. The molecule has 1 rings (SSSR count). The van der Waals surface area contributed by atoms with Crippen molar-refractivity contribution in [2.45, 2.75) is 19.8 Å². The van der Waals surface area contributed by atoms with Gasteiger partial charge in [0.2, 0.25) is 0 Å². The molecule has 0 spiro atoms. The first-order valence-electron chi connectivity index (χ1n) is 5.51. The van der Waals surface area contributed by atoms with Gasteiger partial charge >= 0.3 is 0 Å². The second-order valence-electron chi connectivity index (χ2n) is 4.10. The molecule has 0 aliphatic carbocycles. The molecule has 0 radical (unpaired) electrons. The van der Waals surface area contributed by atoms with Gasteiger partial charge in [0.15, 0.2) is 0 Å². The molecule has 1 aromatic rings. The summed E-state index contributed by atoms with van der Waals surface area (Å²) in [5, 5.41) is 3.33. The zero-order chi connectivity index (χ0) is 11.1. The molecule has 15 heavy (non-hydrogen) atoms. The summed E-state index contributed by atoms with van der Waals surface area (Å²) in [6.07, 6.45) is 2.42. The number of aryl methyl sites for hydroxylation is 1. The van der Waals surface area contributed by atoms with E-state index in [2.05, 4.69) is 29.3 Å². The van der Waals surface area contributed by atoms with Crippen LogP contribution in [0, 0.1) is 6.92 Å². The third kappa shape index (κ3) is 5.37. The number of anilines is 1. The predicted octanol–water partition coefficient (Wildman–Crippen LogP) is 2.14. The van der Waals surface area contributed by atoms with Crippen molar-refractivity contribution in [3.63, 3.8) is 0 Å². The fraction of sp³-hybridized carbons (Fsp3) is 0.583. The Bertz CT molecular complexity index is 284. The molecule has 0 fully saturated rings. The Morgan fingerprint density at radius 1 is 1.27 bits per heavy atom. The highest BCUT2D eigenvalue weighted by molar-refractivity contribution is 5.34. The quantitative estimate of drug-likeness (QED) is 0.724. The predicted molar refractivity (Wildman–Crippen MR) is 65.3 cm³/mol. The molecule has 1 heterocycles. The lowest BCUT2D eigenvalue weighted by Gasteiger charge is -2.09. The van der Waals surface area contributed by atoms with Crippen molar-refractivity contribution in [3.05, 3.63) is 23.9 Å². The zero-order valence-electron chi connectivity index (χ0n) is 9.95. The highest BCUT2D eigenvalue weighted by Gasteiger charge is 1.94. The Labute approximate surface area is 92.5 Å². The number of nitrogens with zero attached hydrogens (tertiary/aromatic N) is 2. The van der Waals surface area contributed by atoms with Gasteiger partial charge in [-0.1, -0.05) is 6.07 Å². The largest absolute Gasteiger partial charge is 0.370 e. The molecule has 0 atom stereocenters. The van der Waals surface area contributed by atoms with Crippen LogP contribution >= 0.6 is 0 Å². The van der Waals surface area contributed by atoms with E-state index in [9.17, 15) is 0 Å². The fourth-order valence-corrected chi connectivity index (χ4v) is 1.41. The lowest BCUT2D eigenvalue weighted by Crippen LogP contribution is -2.14. The van der Waals surface area contributed by atoms with Crippen LogP contribution in [0.4, 0.5) is 5.82 Å². The minimum Gasteiger partial charge on any atom is -0.370 e. The van der Waals surface area contributed by atoms with E-state index >= 15 is 0 Å². The number of pyridine rings is 1. The van der Waals surface area contributed by atoms with Crippen molar-refractivity contribution in [2.24, 2.45) is 0 Å². The number of hydrogen-bond donors (Lipinski definition) is 1. The van der Waals surface area contributed by atoms with Crippen LogP contribution in [0.15, 0.2) is 18.2 Å². The van der Waals surface area contributed by atoms with Gasteiger partial charge in [0.1, 0.15) is 5.82 Å². The molecule has 0 aliphatic heterocycles. The number of rotatable bonds is 6. The Kier molecular flexibility index (Phi) is 5.12. The van der Waals surface area contributed by atoms with Gasteiger partial charge < -0.3 is 10.2 Å². The van der Waals surface area contributed by atoms with Gasteiger partial charge in [-0.3, -0.25) is 0 Å². The van der Waals surface area contributed by atoms with E-state index in [-0.39, 0.29) is 0 Å². The summed E-state index contributed by atoms with van der Waals surface area (Å²) in [6, 6.07) is 6.06. The lowest BCUT2D eigenvalue weighted by atomic mass is 10.3. The second kappa shape index (κ2) is 6.40. The van der Waals surface area contributed by atoms with Crippen LogP contribution in [0.5, 0.6) is 0 Å². The van der Waals surface area contributed by atoms with Gasteiger partial charge in [0.25, 0.3) is 0 Å². The molecule has 0 unspecified atom stereocenters. The normalized spacial score (nSPS) is 10.7. The van der Waals surface area contributed by atoms with Crippen LogP contribution < -0.4 is 5.32 Å². The Morgan fingerprint density at radius 2 is 2.07 bits per heavy atom. The van der Waals surface area contributed by atoms with E-state index in [4.69, 9.17) is 0 Å². The average molecular weight is 207 g/mol. The van der Waals surface area contributed by atoms with Crippen molar-refractivity contribution in [2.75, 3.05) is 32.5 Å². The van der Waals surface area contributed by atoms with Gasteiger partial charge in [-0.25, -0.2) is 4.98 Å². The van der Waals surface area contributed by atoms with Crippen molar-refractivity contribution >= 4 is 5.82 Å². The van der Waals surface area contributed by atoms with Gasteiger partial charge in [-0.15, -0.1) is 0 Å². The maximum atomic E-state index is 4.38. The van der Waals surface area contributed by atoms with E-state index in [1.54, 1.807) is 0 Å². The molecule has 0 saturated heterocycles. The highest BCUT2D eigenvalue weighted by atomic mass is 15.0. The minimum absolute atomic E-state index is 0.986. The third-order valence-electron chi connectivity index (χ3n) is 2.23. The maximum Gasteiger partial charge on any atom is 0.126 e. The van der Waals surface area contributed by atoms with Gasteiger partial charge in [0.05, 0.1) is 0 Å². The highest BCUT2D eigenvalue weighted by Crippen LogP contribution is 2.03. The molecule has 0 aliphatic rings. The fourth-order valence-electron chi connectivity index (χ4n) is 1.41. The summed E-state index contributed by atoms with van der Waals surface area (Å²) in [5.74, 6) is 0.986. The third-order valence-corrected chi connectivity index (χ3v) is 2.23. The molecule has 1 N–H and O–H groups in total. The smallest absolute Gasteiger partial charge is 0.126 e. The summed E-state index contributed by atoms with van der Waals surface area (Å²) in [4.78, 5) is 6.60. The van der Waals surface area contributed by atoms with E-state index in [1.165, 1.54) is 12.8 Å². The van der Waals surface area contributed by atoms with E-state index in [1.807, 2.05) is 25.1 Å². The van der Waals surface area contributed by atoms with Gasteiger partial charge in [0, 0.05) is 12.2 Å². The zero-order valence-corrected chi connectivity index (χ0v) is 9.95. The minimum atomic E-state index is 0.986. The molecule has 3 heteroatoms. The summed E-state index contributed by atoms with van der Waals surface area (Å²) in [6.45, 7) is 4.17. The monoisotopic (exact) mass is 207 g/mol. The molecule has 1 aromatic heterocycles. The van der Waals surface area contributed by atoms with Crippen molar-refractivity contribution in [1.29, 1.82) is 0 Å². The second-order valence-corrected chi connectivity index (χ2v) is 4.10. The molecule has 0 aromatic carbocycles. The molecule has 3 nitrogen and oxygen atoms in total. The first kappa shape index (κ1) is 12.0. The topological polar surface area (TPSA) is 28.2 Å². The summed E-state index contributed by atoms with van der Waals surface area (Å²) in [5.41, 5.74) is 1.06. The Hall–Kier alpha value is -1.09.